The molecule has 4 nitrogen and oxygen atoms in total. The summed E-state index contributed by atoms with van der Waals surface area (Å²) in [6, 6.07) is 17.2. The molecule has 0 saturated carbocycles. The first-order valence-corrected chi connectivity index (χ1v) is 12.5. The molecular weight excluding hydrogens is 402 g/mol. The van der Waals surface area contributed by atoms with E-state index in [1.807, 2.05) is 36.5 Å². The summed E-state index contributed by atoms with van der Waals surface area (Å²) in [6.07, 6.45) is 8.38. The molecule has 31 heavy (non-hydrogen) atoms. The number of carbonyl (C=O) groups excluding carboxylic acids is 1. The number of carbonyl (C=O) groups is 1. The van der Waals surface area contributed by atoms with Crippen LogP contribution in [-0.4, -0.2) is 52.5 Å². The Hall–Kier alpha value is -2.37. The van der Waals surface area contributed by atoms with Crippen LogP contribution >= 0.6 is 11.8 Å². The smallest absolute Gasteiger partial charge is 0.252 e. The van der Waals surface area contributed by atoms with E-state index in [1.165, 1.54) is 24.3 Å². The maximum absolute atomic E-state index is 13.2. The fourth-order valence-corrected chi connectivity index (χ4v) is 6.09. The zero-order valence-electron chi connectivity index (χ0n) is 17.8. The summed E-state index contributed by atoms with van der Waals surface area (Å²) in [5.74, 6) is 2.63. The SMILES string of the molecule is O=C(NC1CCN(C2CCSCC2)CC1)c1cccc2c(-c3cccnc3)cccc12. The second-order valence-corrected chi connectivity index (χ2v) is 9.80. The molecule has 0 aliphatic carbocycles. The molecule has 1 N–H and O–H groups in total. The van der Waals surface area contributed by atoms with Crippen molar-refractivity contribution in [3.63, 3.8) is 0 Å². The van der Waals surface area contributed by atoms with Crippen LogP contribution in [0.1, 0.15) is 36.0 Å². The largest absolute Gasteiger partial charge is 0.349 e. The molecule has 160 valence electrons. The van der Waals surface area contributed by atoms with E-state index in [-0.39, 0.29) is 11.9 Å². The van der Waals surface area contributed by atoms with Gasteiger partial charge in [-0.2, -0.15) is 11.8 Å². The second kappa shape index (κ2) is 9.41. The van der Waals surface area contributed by atoms with E-state index in [0.717, 1.165) is 59.4 Å². The maximum Gasteiger partial charge on any atom is 0.252 e. The van der Waals surface area contributed by atoms with Crippen LogP contribution in [0.3, 0.4) is 0 Å². The lowest BCUT2D eigenvalue weighted by atomic mass is 9.95. The highest BCUT2D eigenvalue weighted by Crippen LogP contribution is 2.30. The van der Waals surface area contributed by atoms with Crippen molar-refractivity contribution < 1.29 is 4.79 Å². The molecule has 0 bridgehead atoms. The second-order valence-electron chi connectivity index (χ2n) is 8.58. The van der Waals surface area contributed by atoms with Crippen LogP contribution in [0.4, 0.5) is 0 Å². The lowest BCUT2D eigenvalue weighted by Crippen LogP contribution is -2.48. The molecule has 2 aromatic carbocycles. The molecule has 2 aliphatic heterocycles. The fourth-order valence-electron chi connectivity index (χ4n) is 5.00. The lowest BCUT2D eigenvalue weighted by Gasteiger charge is -2.39. The Morgan fingerprint density at radius 1 is 0.935 bits per heavy atom. The molecule has 1 aromatic heterocycles. The summed E-state index contributed by atoms with van der Waals surface area (Å²) in [7, 11) is 0. The minimum absolute atomic E-state index is 0.0430. The van der Waals surface area contributed by atoms with Crippen molar-refractivity contribution >= 4 is 28.4 Å². The van der Waals surface area contributed by atoms with Gasteiger partial charge in [0.05, 0.1) is 0 Å². The molecule has 0 spiro atoms. The first-order chi connectivity index (χ1) is 15.3. The third-order valence-electron chi connectivity index (χ3n) is 6.71. The normalized spacial score (nSPS) is 18.8. The molecule has 2 saturated heterocycles. The van der Waals surface area contributed by atoms with Gasteiger partial charge in [0.25, 0.3) is 5.91 Å². The molecule has 2 fully saturated rings. The van der Waals surface area contributed by atoms with E-state index in [1.54, 1.807) is 6.20 Å². The van der Waals surface area contributed by atoms with Gasteiger partial charge in [0.15, 0.2) is 0 Å². The Morgan fingerprint density at radius 2 is 1.71 bits per heavy atom. The van der Waals surface area contributed by atoms with Crippen LogP contribution in [0.15, 0.2) is 60.9 Å². The summed E-state index contributed by atoms with van der Waals surface area (Å²) in [4.78, 5) is 20.1. The van der Waals surface area contributed by atoms with Crippen LogP contribution in [0, 0.1) is 0 Å². The summed E-state index contributed by atoms with van der Waals surface area (Å²) < 4.78 is 0. The van der Waals surface area contributed by atoms with E-state index in [9.17, 15) is 4.79 Å². The molecular formula is C26H29N3OS. The molecule has 5 rings (SSSR count). The minimum atomic E-state index is 0.0430. The van der Waals surface area contributed by atoms with E-state index in [4.69, 9.17) is 0 Å². The van der Waals surface area contributed by atoms with E-state index in [2.05, 4.69) is 45.2 Å². The highest BCUT2D eigenvalue weighted by Gasteiger charge is 2.27. The Bertz CT molecular complexity index is 1040. The van der Waals surface area contributed by atoms with Crippen molar-refractivity contribution in [2.45, 2.75) is 37.8 Å². The quantitative estimate of drug-likeness (QED) is 0.632. The maximum atomic E-state index is 13.2. The predicted molar refractivity (Wildman–Crippen MR) is 130 cm³/mol. The summed E-state index contributed by atoms with van der Waals surface area (Å²) >= 11 is 2.08. The molecule has 3 heterocycles. The van der Waals surface area contributed by atoms with E-state index < -0.39 is 0 Å². The molecule has 0 radical (unpaired) electrons. The van der Waals surface area contributed by atoms with Crippen molar-refractivity contribution in [1.29, 1.82) is 0 Å². The number of pyridine rings is 1. The fraction of sp³-hybridized carbons (Fsp3) is 0.385. The van der Waals surface area contributed by atoms with Crippen LogP contribution in [0.25, 0.3) is 21.9 Å². The number of nitrogens with zero attached hydrogens (tertiary/aromatic N) is 2. The monoisotopic (exact) mass is 431 g/mol. The first kappa shape index (κ1) is 20.5. The Morgan fingerprint density at radius 3 is 2.48 bits per heavy atom. The number of piperidine rings is 1. The van der Waals surface area contributed by atoms with Gasteiger partial charge in [0.1, 0.15) is 0 Å². The topological polar surface area (TPSA) is 45.2 Å². The average Bonchev–Trinajstić information content (AvgIpc) is 2.85. The van der Waals surface area contributed by atoms with Crippen molar-refractivity contribution in [3.05, 3.63) is 66.5 Å². The minimum Gasteiger partial charge on any atom is -0.349 e. The number of rotatable bonds is 4. The number of benzene rings is 2. The third-order valence-corrected chi connectivity index (χ3v) is 7.76. The standard InChI is InChI=1S/C26H29N3OS/c30-26(28-20-9-14-29(15-10-20)21-11-16-31-17-12-21)25-8-2-6-23-22(5-1-7-24(23)25)19-4-3-13-27-18-19/h1-8,13,18,20-21H,9-12,14-17H2,(H,28,30). The third kappa shape index (κ3) is 4.48. The van der Waals surface area contributed by atoms with Crippen LogP contribution < -0.4 is 5.32 Å². The van der Waals surface area contributed by atoms with E-state index >= 15 is 0 Å². The van der Waals surface area contributed by atoms with Crippen molar-refractivity contribution in [2.24, 2.45) is 0 Å². The van der Waals surface area contributed by atoms with Gasteiger partial charge >= 0.3 is 0 Å². The number of hydrogen-bond donors (Lipinski definition) is 1. The highest BCUT2D eigenvalue weighted by molar-refractivity contribution is 7.99. The summed E-state index contributed by atoms with van der Waals surface area (Å²) in [6.45, 7) is 2.20. The van der Waals surface area contributed by atoms with Crippen molar-refractivity contribution in [1.82, 2.24) is 15.2 Å². The number of thioether (sulfide) groups is 1. The van der Waals surface area contributed by atoms with Gasteiger partial charge in [0.2, 0.25) is 0 Å². The van der Waals surface area contributed by atoms with Crippen LogP contribution in [0.2, 0.25) is 0 Å². The van der Waals surface area contributed by atoms with Crippen molar-refractivity contribution in [3.8, 4) is 11.1 Å². The molecule has 5 heteroatoms. The van der Waals surface area contributed by atoms with Gasteiger partial charge < -0.3 is 10.2 Å². The molecule has 3 aromatic rings. The van der Waals surface area contributed by atoms with E-state index in [0.29, 0.717) is 0 Å². The number of fused-ring (bicyclic) bond motifs is 1. The predicted octanol–water partition coefficient (Wildman–Crippen LogP) is 4.99. The van der Waals surface area contributed by atoms with Gasteiger partial charge in [-0.3, -0.25) is 9.78 Å². The number of amides is 1. The summed E-state index contributed by atoms with van der Waals surface area (Å²) in [5.41, 5.74) is 2.94. The summed E-state index contributed by atoms with van der Waals surface area (Å²) in [5, 5.41) is 5.42. The van der Waals surface area contributed by atoms with Gasteiger partial charge in [-0.25, -0.2) is 0 Å². The number of aromatic nitrogens is 1. The zero-order valence-corrected chi connectivity index (χ0v) is 18.6. The number of hydrogen-bond acceptors (Lipinski definition) is 4. The first-order valence-electron chi connectivity index (χ1n) is 11.3. The van der Waals surface area contributed by atoms with Gasteiger partial charge in [-0.1, -0.05) is 36.4 Å². The molecule has 0 unspecified atom stereocenters. The molecule has 1 amide bonds. The number of nitrogens with one attached hydrogen (secondary N) is 1. The lowest BCUT2D eigenvalue weighted by molar-refractivity contribution is 0.0888. The molecule has 2 aliphatic rings. The van der Waals surface area contributed by atoms with Gasteiger partial charge in [-0.05, 0) is 65.7 Å². The van der Waals surface area contributed by atoms with Gasteiger partial charge in [0, 0.05) is 48.7 Å². The Kier molecular flexibility index (Phi) is 6.23. The average molecular weight is 432 g/mol. The Labute approximate surface area is 188 Å². The Balaban J connectivity index is 1.30. The number of likely N-dealkylation sites (tertiary alicyclic amines) is 1. The van der Waals surface area contributed by atoms with Crippen LogP contribution in [-0.2, 0) is 0 Å². The highest BCUT2D eigenvalue weighted by atomic mass is 32.2. The van der Waals surface area contributed by atoms with Crippen molar-refractivity contribution in [2.75, 3.05) is 24.6 Å². The van der Waals surface area contributed by atoms with Crippen LogP contribution in [0.5, 0.6) is 0 Å². The zero-order chi connectivity index (χ0) is 21.0. The van der Waals surface area contributed by atoms with Gasteiger partial charge in [-0.15, -0.1) is 0 Å². The molecule has 0 atom stereocenters.